The molecule has 3 heterocycles. The van der Waals surface area contributed by atoms with Crippen molar-refractivity contribution in [3.05, 3.63) is 48.2 Å². The second kappa shape index (κ2) is 7.07. The van der Waals surface area contributed by atoms with Gasteiger partial charge in [0.2, 0.25) is 5.91 Å². The minimum Gasteiger partial charge on any atom is -0.353 e. The topological polar surface area (TPSA) is 80.1 Å². The Bertz CT molecular complexity index is 1040. The molecule has 4 rings (SSSR count). The third kappa shape index (κ3) is 3.02. The molecule has 1 aliphatic heterocycles. The van der Waals surface area contributed by atoms with E-state index in [2.05, 4.69) is 10.4 Å². The van der Waals surface area contributed by atoms with E-state index < -0.39 is 6.04 Å². The number of amides is 2. The van der Waals surface area contributed by atoms with Crippen molar-refractivity contribution >= 4 is 22.8 Å². The van der Waals surface area contributed by atoms with Crippen LogP contribution in [-0.2, 0) is 4.79 Å². The van der Waals surface area contributed by atoms with Gasteiger partial charge in [0, 0.05) is 24.7 Å². The number of rotatable bonds is 3. The molecule has 144 valence electrons. The van der Waals surface area contributed by atoms with E-state index in [-0.39, 0.29) is 17.9 Å². The molecule has 1 aliphatic rings. The van der Waals surface area contributed by atoms with E-state index in [0.29, 0.717) is 35.4 Å². The SMILES string of the molecule is CC1C(=O)NCCN1C(=O)c1cc(-c2ccccc2)nc2c1cnn2C(C)C. The van der Waals surface area contributed by atoms with Crippen LogP contribution >= 0.6 is 0 Å². The first-order valence-electron chi connectivity index (χ1n) is 9.49. The van der Waals surface area contributed by atoms with Gasteiger partial charge in [-0.3, -0.25) is 9.59 Å². The largest absolute Gasteiger partial charge is 0.353 e. The zero-order valence-corrected chi connectivity index (χ0v) is 16.2. The van der Waals surface area contributed by atoms with Crippen LogP contribution in [0, 0.1) is 0 Å². The molecule has 7 heteroatoms. The number of benzene rings is 1. The average molecular weight is 377 g/mol. The molecular formula is C21H23N5O2. The Morgan fingerprint density at radius 2 is 2.00 bits per heavy atom. The number of aromatic nitrogens is 3. The summed E-state index contributed by atoms with van der Waals surface area (Å²) in [4.78, 5) is 31.9. The van der Waals surface area contributed by atoms with Crippen LogP contribution in [0.2, 0.25) is 0 Å². The van der Waals surface area contributed by atoms with Gasteiger partial charge in [-0.15, -0.1) is 0 Å². The molecule has 1 unspecified atom stereocenters. The Labute approximate surface area is 163 Å². The molecule has 1 aromatic carbocycles. The quantitative estimate of drug-likeness (QED) is 0.761. The van der Waals surface area contributed by atoms with Gasteiger partial charge in [-0.1, -0.05) is 30.3 Å². The molecule has 0 bridgehead atoms. The van der Waals surface area contributed by atoms with E-state index in [9.17, 15) is 9.59 Å². The van der Waals surface area contributed by atoms with E-state index in [4.69, 9.17) is 4.98 Å². The minimum absolute atomic E-state index is 0.110. The maximum atomic E-state index is 13.4. The Morgan fingerprint density at radius 3 is 2.71 bits per heavy atom. The maximum absolute atomic E-state index is 13.4. The number of carbonyl (C=O) groups is 2. The van der Waals surface area contributed by atoms with Gasteiger partial charge in [-0.05, 0) is 26.8 Å². The van der Waals surface area contributed by atoms with Gasteiger partial charge >= 0.3 is 0 Å². The average Bonchev–Trinajstić information content (AvgIpc) is 3.14. The van der Waals surface area contributed by atoms with Crippen molar-refractivity contribution in [3.8, 4) is 11.3 Å². The first kappa shape index (κ1) is 18.2. The molecule has 3 aromatic rings. The normalized spacial score (nSPS) is 17.2. The van der Waals surface area contributed by atoms with Crippen LogP contribution < -0.4 is 5.32 Å². The predicted molar refractivity (Wildman–Crippen MR) is 107 cm³/mol. The molecular weight excluding hydrogens is 354 g/mol. The second-order valence-corrected chi connectivity index (χ2v) is 7.31. The summed E-state index contributed by atoms with van der Waals surface area (Å²) >= 11 is 0. The van der Waals surface area contributed by atoms with E-state index in [1.165, 1.54) is 0 Å². The monoisotopic (exact) mass is 377 g/mol. The molecule has 1 atom stereocenters. The van der Waals surface area contributed by atoms with Crippen molar-refractivity contribution in [1.29, 1.82) is 0 Å². The fraction of sp³-hybridized carbons (Fsp3) is 0.333. The smallest absolute Gasteiger partial charge is 0.255 e. The van der Waals surface area contributed by atoms with Gasteiger partial charge in [0.15, 0.2) is 5.65 Å². The summed E-state index contributed by atoms with van der Waals surface area (Å²) in [6.07, 6.45) is 1.69. The predicted octanol–water partition coefficient (Wildman–Crippen LogP) is 2.64. The van der Waals surface area contributed by atoms with Gasteiger partial charge < -0.3 is 10.2 Å². The molecule has 1 N–H and O–H groups in total. The molecule has 0 spiro atoms. The molecule has 0 aliphatic carbocycles. The van der Waals surface area contributed by atoms with Gasteiger partial charge in [-0.25, -0.2) is 9.67 Å². The van der Waals surface area contributed by atoms with Gasteiger partial charge in [-0.2, -0.15) is 5.10 Å². The highest BCUT2D eigenvalue weighted by molar-refractivity contribution is 6.08. The van der Waals surface area contributed by atoms with Crippen molar-refractivity contribution in [3.63, 3.8) is 0 Å². The minimum atomic E-state index is -0.509. The summed E-state index contributed by atoms with van der Waals surface area (Å²) in [5.74, 6) is -0.304. The van der Waals surface area contributed by atoms with E-state index in [1.807, 2.05) is 54.9 Å². The Kier molecular flexibility index (Phi) is 4.58. The zero-order chi connectivity index (χ0) is 19.8. The fourth-order valence-electron chi connectivity index (χ4n) is 3.54. The summed E-state index contributed by atoms with van der Waals surface area (Å²) in [5.41, 5.74) is 2.85. The van der Waals surface area contributed by atoms with Crippen molar-refractivity contribution in [2.45, 2.75) is 32.9 Å². The van der Waals surface area contributed by atoms with E-state index in [1.54, 1.807) is 18.0 Å². The van der Waals surface area contributed by atoms with Crippen LogP contribution in [0.5, 0.6) is 0 Å². The summed E-state index contributed by atoms with van der Waals surface area (Å²) in [5, 5.41) is 7.96. The lowest BCUT2D eigenvalue weighted by atomic mass is 10.0. The van der Waals surface area contributed by atoms with Crippen LogP contribution in [0.3, 0.4) is 0 Å². The number of hydrogen-bond acceptors (Lipinski definition) is 4. The van der Waals surface area contributed by atoms with Crippen LogP contribution in [0.4, 0.5) is 0 Å². The van der Waals surface area contributed by atoms with Crippen molar-refractivity contribution in [1.82, 2.24) is 25.0 Å². The third-order valence-electron chi connectivity index (χ3n) is 5.12. The number of hydrogen-bond donors (Lipinski definition) is 1. The lowest BCUT2D eigenvalue weighted by molar-refractivity contribution is -0.127. The van der Waals surface area contributed by atoms with Gasteiger partial charge in [0.05, 0.1) is 22.8 Å². The van der Waals surface area contributed by atoms with Crippen LogP contribution in [0.15, 0.2) is 42.6 Å². The van der Waals surface area contributed by atoms with E-state index in [0.717, 1.165) is 5.56 Å². The summed E-state index contributed by atoms with van der Waals surface area (Å²) in [6, 6.07) is 11.2. The van der Waals surface area contributed by atoms with Crippen molar-refractivity contribution in [2.75, 3.05) is 13.1 Å². The fourth-order valence-corrected chi connectivity index (χ4v) is 3.54. The molecule has 7 nitrogen and oxygen atoms in total. The maximum Gasteiger partial charge on any atom is 0.255 e. The highest BCUT2D eigenvalue weighted by atomic mass is 16.2. The standard InChI is InChI=1S/C21H23N5O2/c1-13(2)26-19-17(12-23-26)16(11-18(24-19)15-7-5-4-6-8-15)21(28)25-10-9-22-20(27)14(25)3/h4-8,11-14H,9-10H2,1-3H3,(H,22,27). The lowest BCUT2D eigenvalue weighted by Gasteiger charge is -2.33. The summed E-state index contributed by atoms with van der Waals surface area (Å²) < 4.78 is 1.82. The van der Waals surface area contributed by atoms with Crippen molar-refractivity contribution in [2.24, 2.45) is 0 Å². The summed E-state index contributed by atoms with van der Waals surface area (Å²) in [6.45, 7) is 6.75. The van der Waals surface area contributed by atoms with Crippen molar-refractivity contribution < 1.29 is 9.59 Å². The first-order chi connectivity index (χ1) is 13.5. The van der Waals surface area contributed by atoms with Gasteiger partial charge in [0.25, 0.3) is 5.91 Å². The third-order valence-corrected chi connectivity index (χ3v) is 5.12. The van der Waals surface area contributed by atoms with E-state index >= 15 is 0 Å². The number of nitrogens with zero attached hydrogens (tertiary/aromatic N) is 4. The molecule has 0 radical (unpaired) electrons. The van der Waals surface area contributed by atoms with Crippen LogP contribution in [0.1, 0.15) is 37.2 Å². The number of carbonyl (C=O) groups excluding carboxylic acids is 2. The number of pyridine rings is 1. The molecule has 0 saturated carbocycles. The molecule has 1 saturated heterocycles. The summed E-state index contributed by atoms with van der Waals surface area (Å²) in [7, 11) is 0. The number of piperazine rings is 1. The van der Waals surface area contributed by atoms with Crippen LogP contribution in [-0.4, -0.2) is 50.6 Å². The van der Waals surface area contributed by atoms with Crippen LogP contribution in [0.25, 0.3) is 22.3 Å². The second-order valence-electron chi connectivity index (χ2n) is 7.31. The van der Waals surface area contributed by atoms with Gasteiger partial charge in [0.1, 0.15) is 6.04 Å². The first-order valence-corrected chi connectivity index (χ1v) is 9.49. The number of nitrogens with one attached hydrogen (secondary N) is 1. The molecule has 28 heavy (non-hydrogen) atoms. The molecule has 2 aromatic heterocycles. The Balaban J connectivity index is 1.89. The lowest BCUT2D eigenvalue weighted by Crippen LogP contribution is -2.55. The molecule has 2 amide bonds. The Hall–Kier alpha value is -3.22. The highest BCUT2D eigenvalue weighted by Crippen LogP contribution is 2.27. The number of fused-ring (bicyclic) bond motifs is 1. The highest BCUT2D eigenvalue weighted by Gasteiger charge is 2.31. The zero-order valence-electron chi connectivity index (χ0n) is 16.2. The Morgan fingerprint density at radius 1 is 1.25 bits per heavy atom. The molecule has 1 fully saturated rings.